The van der Waals surface area contributed by atoms with Crippen LogP contribution in [0.5, 0.6) is 17.2 Å². The van der Waals surface area contributed by atoms with Gasteiger partial charge in [-0.05, 0) is 42.0 Å². The maximum absolute atomic E-state index is 11.2. The molecule has 1 N–H and O–H groups in total. The summed E-state index contributed by atoms with van der Waals surface area (Å²) in [5, 5.41) is 11.1. The van der Waals surface area contributed by atoms with E-state index < -0.39 is 0 Å². The fraction of sp³-hybridized carbons (Fsp3) is 0.176. The van der Waals surface area contributed by atoms with Gasteiger partial charge in [0, 0.05) is 6.54 Å². The molecule has 0 fully saturated rings. The highest BCUT2D eigenvalue weighted by molar-refractivity contribution is 5.77. The van der Waals surface area contributed by atoms with Gasteiger partial charge in [0.2, 0.25) is 5.91 Å². The molecule has 112 valence electrons. The standard InChI is InChI=1S/C17H16N2O3/c1-21-14-6-8-16(9-7-14)22-15-4-2-13(3-5-15)12-19-17(20)10-11-18/h2-9H,10,12H2,1H3,(H,19,20). The van der Waals surface area contributed by atoms with Crippen LogP contribution in [0.4, 0.5) is 0 Å². The zero-order valence-corrected chi connectivity index (χ0v) is 12.2. The summed E-state index contributed by atoms with van der Waals surface area (Å²) in [7, 11) is 1.62. The third-order valence-corrected chi connectivity index (χ3v) is 2.95. The predicted molar refractivity (Wildman–Crippen MR) is 81.6 cm³/mol. The molecule has 0 atom stereocenters. The van der Waals surface area contributed by atoms with E-state index in [2.05, 4.69) is 5.32 Å². The van der Waals surface area contributed by atoms with Crippen molar-refractivity contribution in [2.45, 2.75) is 13.0 Å². The minimum atomic E-state index is -0.277. The van der Waals surface area contributed by atoms with Crippen LogP contribution >= 0.6 is 0 Å². The number of carbonyl (C=O) groups excluding carboxylic acids is 1. The van der Waals surface area contributed by atoms with E-state index in [1.807, 2.05) is 54.6 Å². The summed E-state index contributed by atoms with van der Waals surface area (Å²) in [6.45, 7) is 0.392. The Labute approximate surface area is 129 Å². The van der Waals surface area contributed by atoms with Crippen molar-refractivity contribution in [3.63, 3.8) is 0 Å². The average molecular weight is 296 g/mol. The van der Waals surface area contributed by atoms with Gasteiger partial charge in [-0.25, -0.2) is 0 Å². The zero-order valence-electron chi connectivity index (χ0n) is 12.2. The first kappa shape index (κ1) is 15.4. The normalized spacial score (nSPS) is 9.64. The maximum Gasteiger partial charge on any atom is 0.234 e. The van der Waals surface area contributed by atoms with Crippen LogP contribution in [0.1, 0.15) is 12.0 Å². The molecular formula is C17H16N2O3. The lowest BCUT2D eigenvalue weighted by atomic mass is 10.2. The molecule has 22 heavy (non-hydrogen) atoms. The summed E-state index contributed by atoms with van der Waals surface area (Å²) in [6, 6.07) is 16.5. The monoisotopic (exact) mass is 296 g/mol. The van der Waals surface area contributed by atoms with Gasteiger partial charge in [0.25, 0.3) is 0 Å². The molecule has 0 bridgehead atoms. The minimum absolute atomic E-state index is 0.126. The number of rotatable bonds is 6. The molecule has 0 aliphatic heterocycles. The van der Waals surface area contributed by atoms with E-state index in [4.69, 9.17) is 14.7 Å². The highest BCUT2D eigenvalue weighted by Gasteiger charge is 2.01. The number of hydrogen-bond donors (Lipinski definition) is 1. The second-order valence-electron chi connectivity index (χ2n) is 4.53. The second-order valence-corrected chi connectivity index (χ2v) is 4.53. The van der Waals surface area contributed by atoms with Crippen LogP contribution in [-0.2, 0) is 11.3 Å². The smallest absolute Gasteiger partial charge is 0.234 e. The Morgan fingerprint density at radius 1 is 1.05 bits per heavy atom. The van der Waals surface area contributed by atoms with Crippen LogP contribution in [0.2, 0.25) is 0 Å². The van der Waals surface area contributed by atoms with Crippen LogP contribution in [-0.4, -0.2) is 13.0 Å². The van der Waals surface area contributed by atoms with E-state index in [-0.39, 0.29) is 12.3 Å². The molecule has 2 aromatic rings. The molecule has 5 heteroatoms. The Bertz CT molecular complexity index is 658. The summed E-state index contributed by atoms with van der Waals surface area (Å²) in [5.74, 6) is 1.92. The lowest BCUT2D eigenvalue weighted by Crippen LogP contribution is -2.21. The van der Waals surface area contributed by atoms with Crippen molar-refractivity contribution in [1.82, 2.24) is 5.32 Å². The van der Waals surface area contributed by atoms with Gasteiger partial charge in [0.15, 0.2) is 0 Å². The lowest BCUT2D eigenvalue weighted by Gasteiger charge is -2.08. The minimum Gasteiger partial charge on any atom is -0.497 e. The van der Waals surface area contributed by atoms with Crippen LogP contribution in [0.15, 0.2) is 48.5 Å². The number of amides is 1. The van der Waals surface area contributed by atoms with Crippen LogP contribution in [0, 0.1) is 11.3 Å². The average Bonchev–Trinajstić information content (AvgIpc) is 2.55. The quantitative estimate of drug-likeness (QED) is 0.889. The van der Waals surface area contributed by atoms with Gasteiger partial charge in [-0.1, -0.05) is 12.1 Å². The van der Waals surface area contributed by atoms with Gasteiger partial charge in [-0.15, -0.1) is 0 Å². The molecule has 0 heterocycles. The van der Waals surface area contributed by atoms with E-state index in [1.54, 1.807) is 7.11 Å². The molecule has 2 rings (SSSR count). The SMILES string of the molecule is COc1ccc(Oc2ccc(CNC(=O)CC#N)cc2)cc1. The fourth-order valence-corrected chi connectivity index (χ4v) is 1.79. The Morgan fingerprint density at radius 2 is 1.59 bits per heavy atom. The van der Waals surface area contributed by atoms with Gasteiger partial charge in [0.1, 0.15) is 23.7 Å². The molecule has 1 amide bonds. The molecule has 5 nitrogen and oxygen atoms in total. The van der Waals surface area contributed by atoms with Crippen molar-refractivity contribution < 1.29 is 14.3 Å². The summed E-state index contributed by atoms with van der Waals surface area (Å²) in [6.07, 6.45) is -0.126. The number of methoxy groups -OCH3 is 1. The number of nitrogens with zero attached hydrogens (tertiary/aromatic N) is 1. The van der Waals surface area contributed by atoms with Crippen LogP contribution in [0.3, 0.4) is 0 Å². The second kappa shape index (κ2) is 7.70. The number of carbonyl (C=O) groups is 1. The summed E-state index contributed by atoms with van der Waals surface area (Å²) < 4.78 is 10.8. The fourth-order valence-electron chi connectivity index (χ4n) is 1.79. The van der Waals surface area contributed by atoms with E-state index in [1.165, 1.54) is 0 Å². The first-order valence-corrected chi connectivity index (χ1v) is 6.76. The van der Waals surface area contributed by atoms with Crippen molar-refractivity contribution in [2.24, 2.45) is 0 Å². The zero-order chi connectivity index (χ0) is 15.8. The number of nitrogens with one attached hydrogen (secondary N) is 1. The third-order valence-electron chi connectivity index (χ3n) is 2.95. The van der Waals surface area contributed by atoms with Crippen molar-refractivity contribution in [3.8, 4) is 23.3 Å². The molecule has 0 saturated carbocycles. The van der Waals surface area contributed by atoms with Gasteiger partial charge < -0.3 is 14.8 Å². The molecule has 0 spiro atoms. The maximum atomic E-state index is 11.2. The largest absolute Gasteiger partial charge is 0.497 e. The molecule has 0 radical (unpaired) electrons. The van der Waals surface area contributed by atoms with Crippen molar-refractivity contribution in [2.75, 3.05) is 7.11 Å². The summed E-state index contributed by atoms with van der Waals surface area (Å²) in [5.41, 5.74) is 0.938. The highest BCUT2D eigenvalue weighted by atomic mass is 16.5. The van der Waals surface area contributed by atoms with Gasteiger partial charge in [0.05, 0.1) is 13.2 Å². The van der Waals surface area contributed by atoms with E-state index in [9.17, 15) is 4.79 Å². The first-order valence-electron chi connectivity index (χ1n) is 6.76. The van der Waals surface area contributed by atoms with E-state index >= 15 is 0 Å². The number of nitriles is 1. The van der Waals surface area contributed by atoms with E-state index in [0.717, 1.165) is 17.1 Å². The summed E-state index contributed by atoms with van der Waals surface area (Å²) in [4.78, 5) is 11.2. The highest BCUT2D eigenvalue weighted by Crippen LogP contribution is 2.23. The van der Waals surface area contributed by atoms with Crippen LogP contribution in [0.25, 0.3) is 0 Å². The molecule has 2 aromatic carbocycles. The topological polar surface area (TPSA) is 71.3 Å². The molecule has 0 unspecified atom stereocenters. The van der Waals surface area contributed by atoms with Crippen molar-refractivity contribution in [3.05, 3.63) is 54.1 Å². The van der Waals surface area contributed by atoms with Crippen LogP contribution < -0.4 is 14.8 Å². The van der Waals surface area contributed by atoms with Gasteiger partial charge in [-0.3, -0.25) is 4.79 Å². The Balaban J connectivity index is 1.91. The first-order chi connectivity index (χ1) is 10.7. The number of ether oxygens (including phenoxy) is 2. The predicted octanol–water partition coefficient (Wildman–Crippen LogP) is 3.02. The Hall–Kier alpha value is -3.00. The van der Waals surface area contributed by atoms with E-state index in [0.29, 0.717) is 12.3 Å². The lowest BCUT2D eigenvalue weighted by molar-refractivity contribution is -0.120. The number of hydrogen-bond acceptors (Lipinski definition) is 4. The molecule has 0 aliphatic rings. The molecule has 0 saturated heterocycles. The Kier molecular flexibility index (Phi) is 5.38. The molecule has 0 aliphatic carbocycles. The van der Waals surface area contributed by atoms with Gasteiger partial charge >= 0.3 is 0 Å². The summed E-state index contributed by atoms with van der Waals surface area (Å²) >= 11 is 0. The molecular weight excluding hydrogens is 280 g/mol. The Morgan fingerprint density at radius 3 is 2.14 bits per heavy atom. The molecule has 0 aromatic heterocycles. The van der Waals surface area contributed by atoms with Crippen molar-refractivity contribution in [1.29, 1.82) is 5.26 Å². The number of benzene rings is 2. The van der Waals surface area contributed by atoms with Crippen molar-refractivity contribution >= 4 is 5.91 Å². The third kappa shape index (κ3) is 4.53. The van der Waals surface area contributed by atoms with Gasteiger partial charge in [-0.2, -0.15) is 5.26 Å².